The lowest BCUT2D eigenvalue weighted by Crippen LogP contribution is -2.44. The predicted molar refractivity (Wildman–Crippen MR) is 126 cm³/mol. The third-order valence-corrected chi connectivity index (χ3v) is 7.64. The number of carbonyl (C=O) groups excluding carboxylic acids is 1. The topological polar surface area (TPSA) is 112 Å². The average Bonchev–Trinajstić information content (AvgIpc) is 3.34. The molecule has 0 unspecified atom stereocenters. The molecule has 1 fully saturated rings. The van der Waals surface area contributed by atoms with Gasteiger partial charge >= 0.3 is 0 Å². The Bertz CT molecular complexity index is 1190. The summed E-state index contributed by atoms with van der Waals surface area (Å²) in [5.41, 5.74) is 1.35. The van der Waals surface area contributed by atoms with Crippen molar-refractivity contribution >= 4 is 22.0 Å². The molecule has 0 radical (unpaired) electrons. The van der Waals surface area contributed by atoms with Crippen molar-refractivity contribution in [2.45, 2.75) is 23.2 Å². The van der Waals surface area contributed by atoms with Gasteiger partial charge in [0.25, 0.3) is 0 Å². The minimum atomic E-state index is -3.71. The molecule has 0 atom stereocenters. The zero-order valence-corrected chi connectivity index (χ0v) is 19.9. The highest BCUT2D eigenvalue weighted by molar-refractivity contribution is 7.89. The molecule has 2 aromatic carbocycles. The zero-order chi connectivity index (χ0) is 24.2. The second kappa shape index (κ2) is 10.0. The second-order valence-electron chi connectivity index (χ2n) is 8.13. The first-order chi connectivity index (χ1) is 16.4. The Kier molecular flexibility index (Phi) is 7.11. The molecule has 1 saturated heterocycles. The van der Waals surface area contributed by atoms with E-state index in [-0.39, 0.29) is 28.8 Å². The van der Waals surface area contributed by atoms with Gasteiger partial charge in [-0.15, -0.1) is 0 Å². The summed E-state index contributed by atoms with van der Waals surface area (Å²) in [7, 11) is -0.978. The number of sulfonamides is 1. The predicted octanol–water partition coefficient (Wildman–Crippen LogP) is 2.21. The van der Waals surface area contributed by atoms with Crippen molar-refractivity contribution in [1.29, 1.82) is 0 Å². The minimum Gasteiger partial charge on any atom is -0.495 e. The van der Waals surface area contributed by atoms with E-state index in [1.807, 2.05) is 18.2 Å². The van der Waals surface area contributed by atoms with Crippen LogP contribution in [-0.4, -0.2) is 55.0 Å². The molecule has 34 heavy (non-hydrogen) atoms. The SMILES string of the molecule is CNS(=O)(=O)c1cc(/C=C/C(=O)NCC2(c3ccc4c(c3)OCO4)CCOCC2)ccc1OC. The van der Waals surface area contributed by atoms with Crippen LogP contribution in [0.5, 0.6) is 17.2 Å². The highest BCUT2D eigenvalue weighted by Gasteiger charge is 2.36. The van der Waals surface area contributed by atoms with Gasteiger partial charge in [0, 0.05) is 31.2 Å². The van der Waals surface area contributed by atoms with Crippen molar-refractivity contribution in [2.24, 2.45) is 0 Å². The molecule has 1 amide bonds. The minimum absolute atomic E-state index is 0.00373. The summed E-state index contributed by atoms with van der Waals surface area (Å²) in [5, 5.41) is 3.00. The molecule has 10 heteroatoms. The maximum absolute atomic E-state index is 12.7. The van der Waals surface area contributed by atoms with E-state index in [0.29, 0.717) is 31.1 Å². The fourth-order valence-electron chi connectivity index (χ4n) is 4.16. The van der Waals surface area contributed by atoms with E-state index < -0.39 is 10.0 Å². The maximum Gasteiger partial charge on any atom is 0.244 e. The van der Waals surface area contributed by atoms with Crippen LogP contribution in [0.4, 0.5) is 0 Å². The maximum atomic E-state index is 12.7. The van der Waals surface area contributed by atoms with Crippen LogP contribution in [0.15, 0.2) is 47.4 Å². The van der Waals surface area contributed by atoms with Gasteiger partial charge in [0.2, 0.25) is 22.7 Å². The molecule has 0 aliphatic carbocycles. The Labute approximate surface area is 199 Å². The lowest BCUT2D eigenvalue weighted by atomic mass is 9.74. The number of ether oxygens (including phenoxy) is 4. The van der Waals surface area contributed by atoms with Crippen LogP contribution < -0.4 is 24.2 Å². The molecule has 182 valence electrons. The van der Waals surface area contributed by atoms with E-state index in [2.05, 4.69) is 10.0 Å². The lowest BCUT2D eigenvalue weighted by Gasteiger charge is -2.38. The van der Waals surface area contributed by atoms with Crippen molar-refractivity contribution in [1.82, 2.24) is 10.0 Å². The zero-order valence-electron chi connectivity index (χ0n) is 19.1. The highest BCUT2D eigenvalue weighted by Crippen LogP contribution is 2.40. The Balaban J connectivity index is 1.48. The smallest absolute Gasteiger partial charge is 0.244 e. The molecule has 2 aliphatic heterocycles. The molecule has 0 bridgehead atoms. The van der Waals surface area contributed by atoms with Crippen LogP contribution in [0.2, 0.25) is 0 Å². The largest absolute Gasteiger partial charge is 0.495 e. The van der Waals surface area contributed by atoms with Gasteiger partial charge in [-0.1, -0.05) is 12.1 Å². The van der Waals surface area contributed by atoms with Crippen molar-refractivity contribution in [3.8, 4) is 17.2 Å². The molecule has 0 aromatic heterocycles. The quantitative estimate of drug-likeness (QED) is 0.548. The van der Waals surface area contributed by atoms with Crippen molar-refractivity contribution in [3.05, 3.63) is 53.6 Å². The number of hydrogen-bond donors (Lipinski definition) is 2. The molecule has 9 nitrogen and oxygen atoms in total. The summed E-state index contributed by atoms with van der Waals surface area (Å²) in [6.45, 7) is 1.85. The molecule has 0 saturated carbocycles. The van der Waals surface area contributed by atoms with Gasteiger partial charge in [0.15, 0.2) is 11.5 Å². The van der Waals surface area contributed by atoms with Gasteiger partial charge in [-0.25, -0.2) is 13.1 Å². The molecule has 0 spiro atoms. The fraction of sp³-hybridized carbons (Fsp3) is 0.375. The first-order valence-corrected chi connectivity index (χ1v) is 12.4. The van der Waals surface area contributed by atoms with Crippen LogP contribution in [0, 0.1) is 0 Å². The number of nitrogens with one attached hydrogen (secondary N) is 2. The summed E-state index contributed by atoms with van der Waals surface area (Å²) in [6, 6.07) is 10.6. The van der Waals surface area contributed by atoms with Gasteiger partial charge in [-0.2, -0.15) is 0 Å². The van der Waals surface area contributed by atoms with E-state index in [1.165, 1.54) is 26.3 Å². The standard InChI is InChI=1S/C24H28N2O7S/c1-25-34(28,29)22-13-17(3-6-20(22)30-2)4-8-23(27)26-15-24(9-11-31-12-10-24)18-5-7-19-21(14-18)33-16-32-19/h3-8,13-14,25H,9-12,15-16H2,1-2H3,(H,26,27)/b8-4+. The molecular weight excluding hydrogens is 460 g/mol. The number of methoxy groups -OCH3 is 1. The van der Waals surface area contributed by atoms with E-state index >= 15 is 0 Å². The number of fused-ring (bicyclic) bond motifs is 1. The van der Waals surface area contributed by atoms with Crippen LogP contribution >= 0.6 is 0 Å². The van der Waals surface area contributed by atoms with E-state index in [4.69, 9.17) is 18.9 Å². The van der Waals surface area contributed by atoms with Crippen LogP contribution in [0.1, 0.15) is 24.0 Å². The van der Waals surface area contributed by atoms with E-state index in [9.17, 15) is 13.2 Å². The van der Waals surface area contributed by atoms with Crippen molar-refractivity contribution < 1.29 is 32.2 Å². The normalized spacial score (nSPS) is 17.0. The Morgan fingerprint density at radius 2 is 1.88 bits per heavy atom. The Hall–Kier alpha value is -3.08. The van der Waals surface area contributed by atoms with Gasteiger partial charge < -0.3 is 24.3 Å². The molecular formula is C24H28N2O7S. The van der Waals surface area contributed by atoms with Gasteiger partial charge in [-0.3, -0.25) is 4.79 Å². The molecule has 2 N–H and O–H groups in total. The fourth-order valence-corrected chi connectivity index (χ4v) is 5.09. The molecule has 2 heterocycles. The van der Waals surface area contributed by atoms with Crippen LogP contribution in [0.25, 0.3) is 6.08 Å². The Morgan fingerprint density at radius 1 is 1.12 bits per heavy atom. The summed E-state index contributed by atoms with van der Waals surface area (Å²) in [6.07, 6.45) is 4.49. The average molecular weight is 489 g/mol. The summed E-state index contributed by atoms with van der Waals surface area (Å²) < 4.78 is 48.5. The monoisotopic (exact) mass is 488 g/mol. The molecule has 2 aliphatic rings. The van der Waals surface area contributed by atoms with Crippen LogP contribution in [0.3, 0.4) is 0 Å². The molecule has 4 rings (SSSR count). The van der Waals surface area contributed by atoms with Gasteiger partial charge in [-0.05, 0) is 61.4 Å². The number of hydrogen-bond acceptors (Lipinski definition) is 7. The number of benzene rings is 2. The lowest BCUT2D eigenvalue weighted by molar-refractivity contribution is -0.116. The van der Waals surface area contributed by atoms with Crippen LogP contribution in [-0.2, 0) is 25.0 Å². The van der Waals surface area contributed by atoms with Gasteiger partial charge in [0.1, 0.15) is 10.6 Å². The van der Waals surface area contributed by atoms with Crippen molar-refractivity contribution in [2.75, 3.05) is 40.7 Å². The summed E-state index contributed by atoms with van der Waals surface area (Å²) in [5.74, 6) is 1.38. The van der Waals surface area contributed by atoms with Crippen molar-refractivity contribution in [3.63, 3.8) is 0 Å². The summed E-state index contributed by atoms with van der Waals surface area (Å²) in [4.78, 5) is 12.7. The summed E-state index contributed by atoms with van der Waals surface area (Å²) >= 11 is 0. The third-order valence-electron chi connectivity index (χ3n) is 6.21. The Morgan fingerprint density at radius 3 is 2.62 bits per heavy atom. The molecule has 2 aromatic rings. The first-order valence-electron chi connectivity index (χ1n) is 10.9. The number of amides is 1. The number of carbonyl (C=O) groups is 1. The first kappa shape index (κ1) is 24.1. The highest BCUT2D eigenvalue weighted by atomic mass is 32.2. The number of rotatable bonds is 8. The van der Waals surface area contributed by atoms with E-state index in [0.717, 1.165) is 24.2 Å². The van der Waals surface area contributed by atoms with E-state index in [1.54, 1.807) is 18.2 Å². The third kappa shape index (κ3) is 5.03. The second-order valence-corrected chi connectivity index (χ2v) is 9.98. The van der Waals surface area contributed by atoms with Gasteiger partial charge in [0.05, 0.1) is 7.11 Å².